The van der Waals surface area contributed by atoms with Crippen molar-refractivity contribution < 1.29 is 14.3 Å². The highest BCUT2D eigenvalue weighted by Gasteiger charge is 2.21. The van der Waals surface area contributed by atoms with Crippen LogP contribution in [0.1, 0.15) is 44.1 Å². The molecule has 1 saturated heterocycles. The molecule has 2 aliphatic heterocycles. The molecule has 148 valence electrons. The van der Waals surface area contributed by atoms with E-state index >= 15 is 0 Å². The van der Waals surface area contributed by atoms with Gasteiger partial charge in [0.25, 0.3) is 0 Å². The van der Waals surface area contributed by atoms with Gasteiger partial charge in [0.15, 0.2) is 11.5 Å². The Balaban J connectivity index is 1.19. The highest BCUT2D eigenvalue weighted by Crippen LogP contribution is 2.32. The van der Waals surface area contributed by atoms with Crippen LogP contribution in [-0.4, -0.2) is 61.3 Å². The van der Waals surface area contributed by atoms with Gasteiger partial charge in [-0.2, -0.15) is 0 Å². The molecule has 1 saturated carbocycles. The molecular weight excluding hydrogens is 342 g/mol. The number of carbonyl (C=O) groups excluding carboxylic acids is 1. The van der Waals surface area contributed by atoms with Crippen LogP contribution < -0.4 is 14.8 Å². The van der Waals surface area contributed by atoms with Gasteiger partial charge >= 0.3 is 0 Å². The van der Waals surface area contributed by atoms with Crippen LogP contribution in [0.15, 0.2) is 18.2 Å². The van der Waals surface area contributed by atoms with Gasteiger partial charge in [0.2, 0.25) is 12.7 Å². The summed E-state index contributed by atoms with van der Waals surface area (Å²) in [5, 5.41) is 3.26. The first-order valence-electron chi connectivity index (χ1n) is 10.4. The van der Waals surface area contributed by atoms with E-state index in [1.807, 2.05) is 6.07 Å². The van der Waals surface area contributed by atoms with Crippen LogP contribution in [0.2, 0.25) is 0 Å². The fourth-order valence-corrected chi connectivity index (χ4v) is 4.30. The van der Waals surface area contributed by atoms with Crippen molar-refractivity contribution in [3.05, 3.63) is 23.8 Å². The van der Waals surface area contributed by atoms with Crippen molar-refractivity contribution in [2.45, 2.75) is 51.1 Å². The number of ether oxygens (including phenoxy) is 2. The maximum atomic E-state index is 12.4. The Labute approximate surface area is 161 Å². The molecule has 6 nitrogen and oxygen atoms in total. The number of fused-ring (bicyclic) bond motifs is 1. The minimum Gasteiger partial charge on any atom is -0.454 e. The van der Waals surface area contributed by atoms with Crippen molar-refractivity contribution in [1.29, 1.82) is 0 Å². The van der Waals surface area contributed by atoms with Crippen LogP contribution in [0.4, 0.5) is 0 Å². The number of nitrogens with zero attached hydrogens (tertiary/aromatic N) is 2. The average molecular weight is 373 g/mol. The first kappa shape index (κ1) is 18.6. The van der Waals surface area contributed by atoms with E-state index in [9.17, 15) is 4.79 Å². The van der Waals surface area contributed by atoms with E-state index in [0.29, 0.717) is 19.4 Å². The second kappa shape index (κ2) is 8.93. The molecule has 0 unspecified atom stereocenters. The minimum absolute atomic E-state index is 0.200. The first-order valence-corrected chi connectivity index (χ1v) is 10.4. The standard InChI is InChI=1S/C21H31N3O3/c25-21(22-18-5-3-1-2-4-6-18)15-24-11-9-23(10-12-24)14-17-7-8-19-20(13-17)27-16-26-19/h7-8,13,18H,1-6,9-12,14-16H2,(H,22,25). The maximum Gasteiger partial charge on any atom is 0.234 e. The second-order valence-electron chi connectivity index (χ2n) is 8.00. The molecule has 2 fully saturated rings. The van der Waals surface area contributed by atoms with Gasteiger partial charge in [0.1, 0.15) is 0 Å². The number of benzene rings is 1. The van der Waals surface area contributed by atoms with Gasteiger partial charge in [-0.05, 0) is 30.5 Å². The molecule has 1 aromatic carbocycles. The van der Waals surface area contributed by atoms with E-state index in [-0.39, 0.29) is 5.91 Å². The molecule has 0 spiro atoms. The number of amides is 1. The van der Waals surface area contributed by atoms with Crippen LogP contribution in [0.25, 0.3) is 0 Å². The van der Waals surface area contributed by atoms with Crippen LogP contribution in [0.3, 0.4) is 0 Å². The monoisotopic (exact) mass is 373 g/mol. The van der Waals surface area contributed by atoms with Crippen LogP contribution in [0.5, 0.6) is 11.5 Å². The molecule has 27 heavy (non-hydrogen) atoms. The smallest absolute Gasteiger partial charge is 0.234 e. The van der Waals surface area contributed by atoms with Crippen molar-refractivity contribution >= 4 is 5.91 Å². The number of rotatable bonds is 5. The third-order valence-electron chi connectivity index (χ3n) is 5.90. The third-order valence-corrected chi connectivity index (χ3v) is 5.90. The van der Waals surface area contributed by atoms with Crippen molar-refractivity contribution in [3.63, 3.8) is 0 Å². The first-order chi connectivity index (χ1) is 13.3. The van der Waals surface area contributed by atoms with E-state index in [1.54, 1.807) is 0 Å². The molecule has 0 aromatic heterocycles. The Kier molecular flexibility index (Phi) is 6.14. The number of carbonyl (C=O) groups is 1. The minimum atomic E-state index is 0.200. The Morgan fingerprint density at radius 1 is 0.963 bits per heavy atom. The lowest BCUT2D eigenvalue weighted by atomic mass is 10.1. The molecular formula is C21H31N3O3. The summed E-state index contributed by atoms with van der Waals surface area (Å²) >= 11 is 0. The SMILES string of the molecule is O=C(CN1CCN(Cc2ccc3c(c2)OCO3)CC1)NC1CCCCCC1. The zero-order valence-corrected chi connectivity index (χ0v) is 16.1. The van der Waals surface area contributed by atoms with Crippen molar-refractivity contribution in [1.82, 2.24) is 15.1 Å². The summed E-state index contributed by atoms with van der Waals surface area (Å²) in [5.41, 5.74) is 1.25. The molecule has 4 rings (SSSR count). The molecule has 1 aromatic rings. The van der Waals surface area contributed by atoms with Gasteiger partial charge in [-0.3, -0.25) is 14.6 Å². The third kappa shape index (κ3) is 5.14. The summed E-state index contributed by atoms with van der Waals surface area (Å²) in [6, 6.07) is 6.58. The fourth-order valence-electron chi connectivity index (χ4n) is 4.30. The van der Waals surface area contributed by atoms with Gasteiger partial charge < -0.3 is 14.8 Å². The van der Waals surface area contributed by atoms with Crippen molar-refractivity contribution in [3.8, 4) is 11.5 Å². The highest BCUT2D eigenvalue weighted by atomic mass is 16.7. The Hall–Kier alpha value is -1.79. The number of hydrogen-bond donors (Lipinski definition) is 1. The number of nitrogens with one attached hydrogen (secondary N) is 1. The zero-order valence-electron chi connectivity index (χ0n) is 16.1. The molecule has 1 aliphatic carbocycles. The fraction of sp³-hybridized carbons (Fsp3) is 0.667. The molecule has 2 heterocycles. The van der Waals surface area contributed by atoms with Crippen molar-refractivity contribution in [2.75, 3.05) is 39.5 Å². The summed E-state index contributed by atoms with van der Waals surface area (Å²) in [7, 11) is 0. The molecule has 0 atom stereocenters. The molecule has 0 radical (unpaired) electrons. The maximum absolute atomic E-state index is 12.4. The largest absolute Gasteiger partial charge is 0.454 e. The van der Waals surface area contributed by atoms with Crippen LogP contribution >= 0.6 is 0 Å². The molecule has 0 bridgehead atoms. The lowest BCUT2D eigenvalue weighted by Gasteiger charge is -2.34. The van der Waals surface area contributed by atoms with E-state index in [1.165, 1.54) is 31.2 Å². The summed E-state index contributed by atoms with van der Waals surface area (Å²) in [4.78, 5) is 17.1. The van der Waals surface area contributed by atoms with Gasteiger partial charge in [-0.1, -0.05) is 31.7 Å². The Morgan fingerprint density at radius 2 is 1.67 bits per heavy atom. The number of piperazine rings is 1. The summed E-state index contributed by atoms with van der Waals surface area (Å²) in [6.45, 7) is 5.65. The van der Waals surface area contributed by atoms with Crippen molar-refractivity contribution in [2.24, 2.45) is 0 Å². The summed E-state index contributed by atoms with van der Waals surface area (Å²) < 4.78 is 10.8. The molecule has 1 N–H and O–H groups in total. The van der Waals surface area contributed by atoms with Gasteiger partial charge in [-0.25, -0.2) is 0 Å². The predicted molar refractivity (Wildman–Crippen MR) is 104 cm³/mol. The summed E-state index contributed by atoms with van der Waals surface area (Å²) in [6.07, 6.45) is 7.44. The lowest BCUT2D eigenvalue weighted by Crippen LogP contribution is -2.50. The second-order valence-corrected chi connectivity index (χ2v) is 8.00. The van der Waals surface area contributed by atoms with Crippen LogP contribution in [0, 0.1) is 0 Å². The highest BCUT2D eigenvalue weighted by molar-refractivity contribution is 5.78. The Morgan fingerprint density at radius 3 is 2.44 bits per heavy atom. The molecule has 6 heteroatoms. The molecule has 1 amide bonds. The van der Waals surface area contributed by atoms with Gasteiger partial charge in [0.05, 0.1) is 6.54 Å². The van der Waals surface area contributed by atoms with Gasteiger partial charge in [-0.15, -0.1) is 0 Å². The van der Waals surface area contributed by atoms with E-state index in [2.05, 4.69) is 27.2 Å². The van der Waals surface area contributed by atoms with Crippen LogP contribution in [-0.2, 0) is 11.3 Å². The normalized spacial score (nSPS) is 21.8. The zero-order chi connectivity index (χ0) is 18.5. The average Bonchev–Trinajstić information content (AvgIpc) is 2.99. The topological polar surface area (TPSA) is 54.0 Å². The lowest BCUT2D eigenvalue weighted by molar-refractivity contribution is -0.123. The predicted octanol–water partition coefficient (Wildman–Crippen LogP) is 2.37. The molecule has 3 aliphatic rings. The summed E-state index contributed by atoms with van der Waals surface area (Å²) in [5.74, 6) is 1.88. The quantitative estimate of drug-likeness (QED) is 0.803. The number of hydrogen-bond acceptors (Lipinski definition) is 5. The van der Waals surface area contributed by atoms with E-state index in [4.69, 9.17) is 9.47 Å². The van der Waals surface area contributed by atoms with E-state index < -0.39 is 0 Å². The Bertz CT molecular complexity index is 636. The van der Waals surface area contributed by atoms with Gasteiger partial charge in [0, 0.05) is 38.8 Å². The van der Waals surface area contributed by atoms with E-state index in [0.717, 1.165) is 57.1 Å².